The summed E-state index contributed by atoms with van der Waals surface area (Å²) in [5, 5.41) is 12.0. The first kappa shape index (κ1) is 21.7. The minimum atomic E-state index is -0.924. The van der Waals surface area contributed by atoms with E-state index in [-0.39, 0.29) is 17.2 Å². The number of unbranched alkanes of at least 4 members (excludes halogenated alkanes) is 2. The number of nitrogens with one attached hydrogen (secondary N) is 1. The predicted octanol–water partition coefficient (Wildman–Crippen LogP) is 4.19. The van der Waals surface area contributed by atoms with Crippen LogP contribution in [0, 0.1) is 11.3 Å². The van der Waals surface area contributed by atoms with Gasteiger partial charge in [-0.25, -0.2) is 0 Å². The van der Waals surface area contributed by atoms with Gasteiger partial charge in [-0.3, -0.25) is 9.59 Å². The van der Waals surface area contributed by atoms with Crippen molar-refractivity contribution in [3.8, 4) is 11.8 Å². The molecule has 26 heavy (non-hydrogen) atoms. The SMILES string of the molecule is CCCCC[C@](C)(OCCC)C(=O)Nc1ccc(OC(C)=O)c(C#N)c1. The van der Waals surface area contributed by atoms with Gasteiger partial charge in [-0.05, 0) is 38.0 Å². The molecule has 142 valence electrons. The fourth-order valence-corrected chi connectivity index (χ4v) is 2.49. The lowest BCUT2D eigenvalue weighted by Crippen LogP contribution is -2.43. The molecule has 1 amide bonds. The summed E-state index contributed by atoms with van der Waals surface area (Å²) in [7, 11) is 0. The van der Waals surface area contributed by atoms with E-state index in [1.54, 1.807) is 13.0 Å². The third-order valence-corrected chi connectivity index (χ3v) is 3.97. The molecule has 1 atom stereocenters. The molecule has 6 nitrogen and oxygen atoms in total. The highest BCUT2D eigenvalue weighted by atomic mass is 16.5. The maximum absolute atomic E-state index is 12.8. The molecule has 0 unspecified atom stereocenters. The van der Waals surface area contributed by atoms with Crippen LogP contribution in [0.5, 0.6) is 5.75 Å². The van der Waals surface area contributed by atoms with E-state index < -0.39 is 11.6 Å². The van der Waals surface area contributed by atoms with Gasteiger partial charge in [-0.2, -0.15) is 5.26 Å². The zero-order valence-corrected chi connectivity index (χ0v) is 16.1. The van der Waals surface area contributed by atoms with E-state index in [1.165, 1.54) is 19.1 Å². The Morgan fingerprint density at radius 1 is 1.23 bits per heavy atom. The van der Waals surface area contributed by atoms with Crippen molar-refractivity contribution in [2.45, 2.75) is 65.4 Å². The Kier molecular flexibility index (Phi) is 8.80. The molecule has 6 heteroatoms. The third-order valence-electron chi connectivity index (χ3n) is 3.97. The van der Waals surface area contributed by atoms with Crippen molar-refractivity contribution >= 4 is 17.6 Å². The lowest BCUT2D eigenvalue weighted by atomic mass is 9.96. The number of hydrogen-bond acceptors (Lipinski definition) is 5. The van der Waals surface area contributed by atoms with Crippen LogP contribution in [-0.4, -0.2) is 24.1 Å². The normalized spacial score (nSPS) is 12.7. The van der Waals surface area contributed by atoms with Crippen LogP contribution in [0.4, 0.5) is 5.69 Å². The second-order valence-electron chi connectivity index (χ2n) is 6.41. The van der Waals surface area contributed by atoms with Gasteiger partial charge in [0.25, 0.3) is 5.91 Å². The largest absolute Gasteiger partial charge is 0.425 e. The zero-order chi connectivity index (χ0) is 19.6. The number of nitrogens with zero attached hydrogens (tertiary/aromatic N) is 1. The standard InChI is InChI=1S/C20H28N2O4/c1-5-7-8-11-20(4,25-12-6-2)19(24)22-17-9-10-18(26-15(3)23)16(13-17)14-21/h9-10,13H,5-8,11-12H2,1-4H3,(H,22,24)/t20-/m0/s1. The number of benzene rings is 1. The molecule has 0 fully saturated rings. The first-order valence-corrected chi connectivity index (χ1v) is 9.04. The van der Waals surface area contributed by atoms with Crippen LogP contribution in [0.3, 0.4) is 0 Å². The monoisotopic (exact) mass is 360 g/mol. The van der Waals surface area contributed by atoms with E-state index in [9.17, 15) is 14.9 Å². The quantitative estimate of drug-likeness (QED) is 0.384. The third kappa shape index (κ3) is 6.49. The highest BCUT2D eigenvalue weighted by Gasteiger charge is 2.33. The van der Waals surface area contributed by atoms with Gasteiger partial charge in [0.2, 0.25) is 0 Å². The second kappa shape index (κ2) is 10.6. The minimum Gasteiger partial charge on any atom is -0.425 e. The van der Waals surface area contributed by atoms with Gasteiger partial charge < -0.3 is 14.8 Å². The molecular formula is C20H28N2O4. The van der Waals surface area contributed by atoms with Crippen molar-refractivity contribution in [1.82, 2.24) is 0 Å². The lowest BCUT2D eigenvalue weighted by molar-refractivity contribution is -0.140. The van der Waals surface area contributed by atoms with E-state index in [2.05, 4.69) is 12.2 Å². The summed E-state index contributed by atoms with van der Waals surface area (Å²) >= 11 is 0. The minimum absolute atomic E-state index is 0.172. The van der Waals surface area contributed by atoms with Crippen molar-refractivity contribution in [3.05, 3.63) is 23.8 Å². The van der Waals surface area contributed by atoms with Crippen LogP contribution >= 0.6 is 0 Å². The fourth-order valence-electron chi connectivity index (χ4n) is 2.49. The summed E-state index contributed by atoms with van der Waals surface area (Å²) in [6.07, 6.45) is 4.46. The summed E-state index contributed by atoms with van der Waals surface area (Å²) in [5.41, 5.74) is -0.281. The first-order chi connectivity index (χ1) is 12.4. The van der Waals surface area contributed by atoms with Crippen molar-refractivity contribution in [2.24, 2.45) is 0 Å². The molecule has 1 N–H and O–H groups in total. The molecule has 0 radical (unpaired) electrons. The Morgan fingerprint density at radius 2 is 1.96 bits per heavy atom. The van der Waals surface area contributed by atoms with Crippen molar-refractivity contribution in [1.29, 1.82) is 5.26 Å². The molecule has 1 aromatic rings. The Morgan fingerprint density at radius 3 is 2.54 bits per heavy atom. The molecular weight excluding hydrogens is 332 g/mol. The van der Waals surface area contributed by atoms with Gasteiger partial charge >= 0.3 is 5.97 Å². The van der Waals surface area contributed by atoms with Gasteiger partial charge in [0.1, 0.15) is 17.4 Å². The fraction of sp³-hybridized carbons (Fsp3) is 0.550. The molecule has 0 aliphatic rings. The Balaban J connectivity index is 2.93. The molecule has 0 aliphatic heterocycles. The molecule has 0 heterocycles. The first-order valence-electron chi connectivity index (χ1n) is 9.04. The number of rotatable bonds is 10. The maximum Gasteiger partial charge on any atom is 0.308 e. The highest BCUT2D eigenvalue weighted by Crippen LogP contribution is 2.26. The van der Waals surface area contributed by atoms with Gasteiger partial charge in [-0.1, -0.05) is 33.1 Å². The number of esters is 1. The topological polar surface area (TPSA) is 88.4 Å². The van der Waals surface area contributed by atoms with Gasteiger partial charge in [-0.15, -0.1) is 0 Å². The van der Waals surface area contributed by atoms with Crippen LogP contribution in [0.25, 0.3) is 0 Å². The van der Waals surface area contributed by atoms with Crippen molar-refractivity contribution in [3.63, 3.8) is 0 Å². The lowest BCUT2D eigenvalue weighted by Gasteiger charge is -2.29. The average Bonchev–Trinajstić information content (AvgIpc) is 2.61. The van der Waals surface area contributed by atoms with Gasteiger partial charge in [0.15, 0.2) is 0 Å². The zero-order valence-electron chi connectivity index (χ0n) is 16.1. The average molecular weight is 360 g/mol. The van der Waals surface area contributed by atoms with Crippen LogP contribution in [0.2, 0.25) is 0 Å². The number of hydrogen-bond donors (Lipinski definition) is 1. The summed E-state index contributed by atoms with van der Waals surface area (Å²) in [5.74, 6) is -0.577. The second-order valence-corrected chi connectivity index (χ2v) is 6.41. The number of carbonyl (C=O) groups is 2. The van der Waals surface area contributed by atoms with E-state index in [0.29, 0.717) is 18.7 Å². The Labute approximate surface area is 155 Å². The number of ether oxygens (including phenoxy) is 2. The number of nitriles is 1. The molecule has 0 bridgehead atoms. The van der Waals surface area contributed by atoms with E-state index in [4.69, 9.17) is 9.47 Å². The molecule has 0 spiro atoms. The van der Waals surface area contributed by atoms with Crippen LogP contribution < -0.4 is 10.1 Å². The Bertz CT molecular complexity index is 666. The number of anilines is 1. The predicted molar refractivity (Wildman–Crippen MR) is 99.9 cm³/mol. The highest BCUT2D eigenvalue weighted by molar-refractivity contribution is 5.97. The van der Waals surface area contributed by atoms with E-state index in [0.717, 1.165) is 25.7 Å². The molecule has 0 saturated carbocycles. The number of carbonyl (C=O) groups excluding carboxylic acids is 2. The molecule has 0 aliphatic carbocycles. The van der Waals surface area contributed by atoms with Gasteiger partial charge in [0, 0.05) is 19.2 Å². The molecule has 1 rings (SSSR count). The van der Waals surface area contributed by atoms with Crippen LogP contribution in [-0.2, 0) is 14.3 Å². The van der Waals surface area contributed by atoms with Crippen LogP contribution in [0.1, 0.15) is 65.4 Å². The smallest absolute Gasteiger partial charge is 0.308 e. The molecule has 0 saturated heterocycles. The van der Waals surface area contributed by atoms with Crippen molar-refractivity contribution in [2.75, 3.05) is 11.9 Å². The van der Waals surface area contributed by atoms with Gasteiger partial charge in [0.05, 0.1) is 5.56 Å². The summed E-state index contributed by atoms with van der Waals surface area (Å²) in [6, 6.07) is 6.56. The summed E-state index contributed by atoms with van der Waals surface area (Å²) in [6.45, 7) is 7.68. The number of amides is 1. The van der Waals surface area contributed by atoms with Crippen LogP contribution in [0.15, 0.2) is 18.2 Å². The summed E-state index contributed by atoms with van der Waals surface area (Å²) < 4.78 is 10.8. The molecule has 0 aromatic heterocycles. The summed E-state index contributed by atoms with van der Waals surface area (Å²) in [4.78, 5) is 23.9. The van der Waals surface area contributed by atoms with E-state index >= 15 is 0 Å². The molecule has 1 aromatic carbocycles. The Hall–Kier alpha value is -2.39. The van der Waals surface area contributed by atoms with Crippen molar-refractivity contribution < 1.29 is 19.1 Å². The van der Waals surface area contributed by atoms with E-state index in [1.807, 2.05) is 13.0 Å². The maximum atomic E-state index is 12.8.